The lowest BCUT2D eigenvalue weighted by atomic mass is 9.98. The second-order valence-corrected chi connectivity index (χ2v) is 4.81. The second kappa shape index (κ2) is 4.86. The van der Waals surface area contributed by atoms with Crippen molar-refractivity contribution < 1.29 is 4.42 Å². The average Bonchev–Trinajstić information content (AvgIpc) is 3.09. The molecule has 0 bridgehead atoms. The third-order valence-electron chi connectivity index (χ3n) is 3.61. The molecule has 3 aromatic rings. The van der Waals surface area contributed by atoms with Crippen LogP contribution in [0.4, 0.5) is 0 Å². The van der Waals surface area contributed by atoms with Crippen molar-refractivity contribution in [1.82, 2.24) is 9.55 Å². The van der Waals surface area contributed by atoms with E-state index in [9.17, 15) is 5.26 Å². The number of aryl methyl sites for hydroxylation is 1. The van der Waals surface area contributed by atoms with Crippen LogP contribution in [0.2, 0.25) is 0 Å². The Morgan fingerprint density at radius 3 is 2.90 bits per heavy atom. The lowest BCUT2D eigenvalue weighted by molar-refractivity contribution is 0.574. The molecule has 0 fully saturated rings. The van der Waals surface area contributed by atoms with Gasteiger partial charge in [0.1, 0.15) is 0 Å². The summed E-state index contributed by atoms with van der Waals surface area (Å²) in [5.41, 5.74) is 2.97. The summed E-state index contributed by atoms with van der Waals surface area (Å²) in [6, 6.07) is 12.1. The molecule has 1 aromatic carbocycles. The van der Waals surface area contributed by atoms with Gasteiger partial charge in [-0.05, 0) is 36.2 Å². The highest BCUT2D eigenvalue weighted by Gasteiger charge is 2.14. The van der Waals surface area contributed by atoms with Crippen molar-refractivity contribution in [1.29, 1.82) is 5.26 Å². The van der Waals surface area contributed by atoms with Crippen LogP contribution >= 0.6 is 0 Å². The highest BCUT2D eigenvalue weighted by atomic mass is 16.3. The van der Waals surface area contributed by atoms with Crippen LogP contribution in [0, 0.1) is 11.3 Å². The number of furan rings is 1. The molecular formula is C16H15N3O. The fourth-order valence-electron chi connectivity index (χ4n) is 2.45. The van der Waals surface area contributed by atoms with E-state index in [0.29, 0.717) is 0 Å². The third kappa shape index (κ3) is 1.88. The van der Waals surface area contributed by atoms with Gasteiger partial charge < -0.3 is 8.98 Å². The fourth-order valence-corrected chi connectivity index (χ4v) is 2.45. The minimum atomic E-state index is -0.0682. The van der Waals surface area contributed by atoms with E-state index >= 15 is 0 Å². The van der Waals surface area contributed by atoms with Crippen molar-refractivity contribution in [2.24, 2.45) is 7.05 Å². The minimum absolute atomic E-state index is 0.0682. The molecule has 0 saturated heterocycles. The maximum atomic E-state index is 9.19. The third-order valence-corrected chi connectivity index (χ3v) is 3.61. The molecule has 1 atom stereocenters. The van der Waals surface area contributed by atoms with Crippen molar-refractivity contribution in [2.45, 2.75) is 19.3 Å². The molecule has 4 nitrogen and oxygen atoms in total. The maximum absolute atomic E-state index is 9.19. The molecule has 2 aromatic heterocycles. The van der Waals surface area contributed by atoms with Gasteiger partial charge in [0.25, 0.3) is 0 Å². The van der Waals surface area contributed by atoms with Crippen LogP contribution in [0.15, 0.2) is 41.0 Å². The first-order valence-corrected chi connectivity index (χ1v) is 6.64. The van der Waals surface area contributed by atoms with Gasteiger partial charge in [0.2, 0.25) is 0 Å². The van der Waals surface area contributed by atoms with Crippen LogP contribution in [0.5, 0.6) is 0 Å². The normalized spacial score (nSPS) is 12.4. The van der Waals surface area contributed by atoms with Gasteiger partial charge in [-0.1, -0.05) is 13.0 Å². The van der Waals surface area contributed by atoms with E-state index in [1.165, 1.54) is 0 Å². The predicted octanol–water partition coefficient (Wildman–Crippen LogP) is 3.85. The summed E-state index contributed by atoms with van der Waals surface area (Å²) >= 11 is 0. The number of aromatic nitrogens is 2. The van der Waals surface area contributed by atoms with Crippen molar-refractivity contribution in [3.8, 4) is 17.7 Å². The first-order valence-electron chi connectivity index (χ1n) is 6.64. The molecule has 0 N–H and O–H groups in total. The summed E-state index contributed by atoms with van der Waals surface area (Å²) in [6.45, 7) is 2.02. The SMILES string of the molecule is CCC(C#N)c1ccc2nc(-c3ccco3)n(C)c2c1. The van der Waals surface area contributed by atoms with Crippen LogP contribution < -0.4 is 0 Å². The Labute approximate surface area is 117 Å². The standard InChI is InChI=1S/C16H15N3O/c1-3-11(10-17)12-6-7-13-14(9-12)19(2)16(18-13)15-5-4-8-20-15/h4-9,11H,3H2,1-2H3. The first-order chi connectivity index (χ1) is 9.74. The van der Waals surface area contributed by atoms with E-state index in [0.717, 1.165) is 34.6 Å². The highest BCUT2D eigenvalue weighted by Crippen LogP contribution is 2.27. The zero-order chi connectivity index (χ0) is 14.1. The molecule has 0 saturated carbocycles. The van der Waals surface area contributed by atoms with E-state index < -0.39 is 0 Å². The number of fused-ring (bicyclic) bond motifs is 1. The fraction of sp³-hybridized carbons (Fsp3) is 0.250. The highest BCUT2D eigenvalue weighted by molar-refractivity contribution is 5.80. The van der Waals surface area contributed by atoms with Gasteiger partial charge in [-0.3, -0.25) is 0 Å². The molecule has 0 radical (unpaired) electrons. The number of rotatable bonds is 3. The summed E-state index contributed by atoms with van der Waals surface area (Å²) in [4.78, 5) is 4.59. The summed E-state index contributed by atoms with van der Waals surface area (Å²) in [5, 5.41) is 9.19. The zero-order valence-corrected chi connectivity index (χ0v) is 11.5. The van der Waals surface area contributed by atoms with Crippen LogP contribution in [0.25, 0.3) is 22.6 Å². The summed E-state index contributed by atoms with van der Waals surface area (Å²) in [6.07, 6.45) is 2.45. The van der Waals surface area contributed by atoms with Gasteiger partial charge in [-0.15, -0.1) is 0 Å². The Morgan fingerprint density at radius 1 is 1.40 bits per heavy atom. The van der Waals surface area contributed by atoms with E-state index in [4.69, 9.17) is 4.42 Å². The smallest absolute Gasteiger partial charge is 0.176 e. The van der Waals surface area contributed by atoms with Crippen LogP contribution in [-0.2, 0) is 7.05 Å². The molecule has 0 spiro atoms. The molecule has 0 aliphatic carbocycles. The number of nitrogens with zero attached hydrogens (tertiary/aromatic N) is 3. The van der Waals surface area contributed by atoms with E-state index in [2.05, 4.69) is 11.1 Å². The summed E-state index contributed by atoms with van der Waals surface area (Å²) in [5.74, 6) is 1.48. The molecule has 20 heavy (non-hydrogen) atoms. The van der Waals surface area contributed by atoms with Crippen LogP contribution in [0.1, 0.15) is 24.8 Å². The second-order valence-electron chi connectivity index (χ2n) is 4.81. The van der Waals surface area contributed by atoms with Gasteiger partial charge in [-0.2, -0.15) is 5.26 Å². The Hall–Kier alpha value is -2.54. The molecule has 100 valence electrons. The number of nitriles is 1. The zero-order valence-electron chi connectivity index (χ0n) is 11.5. The monoisotopic (exact) mass is 265 g/mol. The molecular weight excluding hydrogens is 250 g/mol. The largest absolute Gasteiger partial charge is 0.461 e. The summed E-state index contributed by atoms with van der Waals surface area (Å²) in [7, 11) is 1.96. The van der Waals surface area contributed by atoms with Gasteiger partial charge in [0.15, 0.2) is 11.6 Å². The van der Waals surface area contributed by atoms with E-state index in [1.807, 2.05) is 48.9 Å². The van der Waals surface area contributed by atoms with Gasteiger partial charge in [-0.25, -0.2) is 4.98 Å². The molecule has 4 heteroatoms. The Balaban J connectivity index is 2.16. The summed E-state index contributed by atoms with van der Waals surface area (Å²) < 4.78 is 7.42. The molecule has 0 amide bonds. The predicted molar refractivity (Wildman–Crippen MR) is 77.1 cm³/mol. The quantitative estimate of drug-likeness (QED) is 0.722. The average molecular weight is 265 g/mol. The van der Waals surface area contributed by atoms with Gasteiger partial charge >= 0.3 is 0 Å². The van der Waals surface area contributed by atoms with E-state index in [-0.39, 0.29) is 5.92 Å². The first kappa shape index (κ1) is 12.5. The number of hydrogen-bond acceptors (Lipinski definition) is 3. The molecule has 3 rings (SSSR count). The Bertz CT molecular complexity index is 778. The molecule has 1 unspecified atom stereocenters. The minimum Gasteiger partial charge on any atom is -0.461 e. The van der Waals surface area contributed by atoms with Crippen molar-refractivity contribution >= 4 is 11.0 Å². The maximum Gasteiger partial charge on any atom is 0.176 e. The van der Waals surface area contributed by atoms with Crippen molar-refractivity contribution in [3.63, 3.8) is 0 Å². The van der Waals surface area contributed by atoms with Gasteiger partial charge in [0.05, 0.1) is 29.3 Å². The molecule has 0 aliphatic heterocycles. The van der Waals surface area contributed by atoms with Crippen LogP contribution in [-0.4, -0.2) is 9.55 Å². The van der Waals surface area contributed by atoms with Gasteiger partial charge in [0, 0.05) is 7.05 Å². The number of hydrogen-bond donors (Lipinski definition) is 0. The molecule has 0 aliphatic rings. The number of imidazole rings is 1. The molecule has 2 heterocycles. The Morgan fingerprint density at radius 2 is 2.25 bits per heavy atom. The lowest BCUT2D eigenvalue weighted by Crippen LogP contribution is -1.95. The van der Waals surface area contributed by atoms with Crippen molar-refractivity contribution in [3.05, 3.63) is 42.2 Å². The van der Waals surface area contributed by atoms with Crippen molar-refractivity contribution in [2.75, 3.05) is 0 Å². The topological polar surface area (TPSA) is 54.8 Å². The number of benzene rings is 1. The van der Waals surface area contributed by atoms with Crippen LogP contribution in [0.3, 0.4) is 0 Å². The van der Waals surface area contributed by atoms with E-state index in [1.54, 1.807) is 6.26 Å². The Kier molecular flexibility index (Phi) is 3.03. The lowest BCUT2D eigenvalue weighted by Gasteiger charge is -2.06.